The van der Waals surface area contributed by atoms with Crippen LogP contribution in [-0.4, -0.2) is 51.8 Å². The van der Waals surface area contributed by atoms with Crippen LogP contribution in [0.5, 0.6) is 0 Å². The molecule has 2 aromatic carbocycles. The number of anilines is 1. The summed E-state index contributed by atoms with van der Waals surface area (Å²) in [5.41, 5.74) is 3.10. The van der Waals surface area contributed by atoms with Crippen LogP contribution in [0.15, 0.2) is 82.3 Å². The van der Waals surface area contributed by atoms with Crippen molar-refractivity contribution in [1.29, 1.82) is 0 Å². The summed E-state index contributed by atoms with van der Waals surface area (Å²) in [7, 11) is -1.19. The van der Waals surface area contributed by atoms with Gasteiger partial charge in [0, 0.05) is 12.1 Å². The normalized spacial score (nSPS) is 23.7. The molecule has 12 heteroatoms. The zero-order chi connectivity index (χ0) is 31.0. The van der Waals surface area contributed by atoms with Gasteiger partial charge in [0.15, 0.2) is 0 Å². The number of carbonyl (C=O) groups excluding carboxylic acids is 2. The maximum Gasteiger partial charge on any atom is 0.455 e. The number of nitrogens with zero attached hydrogens (tertiary/aromatic N) is 2. The Labute approximate surface area is 253 Å². The van der Waals surface area contributed by atoms with Gasteiger partial charge in [-0.25, -0.2) is 4.90 Å². The van der Waals surface area contributed by atoms with Gasteiger partial charge in [-0.05, 0) is 78.1 Å². The van der Waals surface area contributed by atoms with E-state index >= 15 is 0 Å². The summed E-state index contributed by atoms with van der Waals surface area (Å²) < 4.78 is 11.7. The molecular weight excluding hydrogens is 567 g/mol. The summed E-state index contributed by atoms with van der Waals surface area (Å²) in [5, 5.41) is 42.1. The summed E-state index contributed by atoms with van der Waals surface area (Å²) in [4.78, 5) is 39.3. The molecule has 1 aromatic heterocycles. The van der Waals surface area contributed by atoms with Crippen molar-refractivity contribution in [3.05, 3.63) is 105 Å². The van der Waals surface area contributed by atoms with Crippen molar-refractivity contribution >= 4 is 42.0 Å². The van der Waals surface area contributed by atoms with Crippen molar-refractivity contribution in [2.45, 2.75) is 38.3 Å². The minimum Gasteiger partial charge on any atom is -0.459 e. The van der Waals surface area contributed by atoms with Crippen LogP contribution >= 0.6 is 0 Å². The van der Waals surface area contributed by atoms with Crippen LogP contribution in [0, 0.1) is 27.9 Å². The van der Waals surface area contributed by atoms with E-state index in [4.69, 9.17) is 9.07 Å². The number of fused-ring (bicyclic) bond motifs is 3. The average Bonchev–Trinajstić information content (AvgIpc) is 3.59. The fourth-order valence-electron chi connectivity index (χ4n) is 6.88. The molecule has 3 aliphatic rings. The van der Waals surface area contributed by atoms with Crippen LogP contribution in [0.3, 0.4) is 0 Å². The number of hydrogen-bond acceptors (Lipinski definition) is 9. The first kappa shape index (κ1) is 29.7. The highest BCUT2D eigenvalue weighted by molar-refractivity contribution is 6.43. The van der Waals surface area contributed by atoms with E-state index < -0.39 is 47.7 Å². The first-order valence-electron chi connectivity index (χ1n) is 14.5. The minimum absolute atomic E-state index is 0.0794. The molecule has 2 aliphatic heterocycles. The molecule has 226 valence electrons. The van der Waals surface area contributed by atoms with Crippen molar-refractivity contribution in [3.63, 3.8) is 0 Å². The molecule has 4 atom stereocenters. The number of hydrogen-bond donors (Lipinski definition) is 3. The van der Waals surface area contributed by atoms with E-state index in [1.165, 1.54) is 24.3 Å². The molecule has 3 aromatic rings. The number of aliphatic hydroxyl groups excluding tert-OH is 2. The third-order valence-corrected chi connectivity index (χ3v) is 8.77. The number of amides is 2. The van der Waals surface area contributed by atoms with E-state index in [1.807, 2.05) is 36.4 Å². The predicted molar refractivity (Wildman–Crippen MR) is 161 cm³/mol. The Balaban J connectivity index is 1.30. The van der Waals surface area contributed by atoms with Crippen LogP contribution < -0.4 is 4.90 Å². The molecule has 0 saturated carbocycles. The lowest BCUT2D eigenvalue weighted by Gasteiger charge is -2.43. The maximum absolute atomic E-state index is 13.9. The lowest BCUT2D eigenvalue weighted by Crippen LogP contribution is -2.46. The van der Waals surface area contributed by atoms with Gasteiger partial charge in [-0.1, -0.05) is 36.4 Å². The molecule has 0 unspecified atom stereocenters. The number of benzene rings is 2. The zero-order valence-electron chi connectivity index (χ0n) is 23.7. The van der Waals surface area contributed by atoms with E-state index in [-0.39, 0.29) is 37.3 Å². The first-order valence-corrected chi connectivity index (χ1v) is 14.5. The quantitative estimate of drug-likeness (QED) is 0.109. The molecule has 2 saturated heterocycles. The van der Waals surface area contributed by atoms with Crippen molar-refractivity contribution in [2.75, 3.05) is 11.5 Å². The third-order valence-electron chi connectivity index (χ3n) is 8.77. The molecule has 44 heavy (non-hydrogen) atoms. The monoisotopic (exact) mass is 598 g/mol. The summed E-state index contributed by atoms with van der Waals surface area (Å²) in [6.07, 6.45) is 2.39. The lowest BCUT2D eigenvalue weighted by molar-refractivity contribution is -0.384. The molecule has 1 aliphatic carbocycles. The Morgan fingerprint density at radius 1 is 1.02 bits per heavy atom. The SMILES string of the molecule is O=C1[C@@H]2[C@@H](CC(CO)=C3[C@@H](CC/C(=C/c4ccc(CO)o4)c4ccccc4)OB(O)C[C@@H]32)C(=O)N1c1cccc([N+](=O)[O-])c1. The third kappa shape index (κ3) is 5.53. The number of aliphatic hydroxyl groups is 2. The Morgan fingerprint density at radius 2 is 1.82 bits per heavy atom. The second-order valence-electron chi connectivity index (χ2n) is 11.3. The van der Waals surface area contributed by atoms with Gasteiger partial charge in [-0.15, -0.1) is 0 Å². The largest absolute Gasteiger partial charge is 0.459 e. The Morgan fingerprint density at radius 3 is 2.52 bits per heavy atom. The topological polar surface area (TPSA) is 164 Å². The highest BCUT2D eigenvalue weighted by Gasteiger charge is 2.57. The molecule has 0 radical (unpaired) electrons. The number of non-ortho nitro benzene ring substituents is 1. The molecule has 11 nitrogen and oxygen atoms in total. The molecule has 2 fully saturated rings. The van der Waals surface area contributed by atoms with Gasteiger partial charge < -0.3 is 24.3 Å². The lowest BCUT2D eigenvalue weighted by atomic mass is 9.58. The summed E-state index contributed by atoms with van der Waals surface area (Å²) in [5.74, 6) is -2.04. The van der Waals surface area contributed by atoms with Crippen LogP contribution in [0.4, 0.5) is 11.4 Å². The number of nitro benzene ring substituents is 1. The van der Waals surface area contributed by atoms with Crippen molar-refractivity contribution < 1.29 is 38.8 Å². The molecular formula is C32H31BN2O9. The van der Waals surface area contributed by atoms with Gasteiger partial charge >= 0.3 is 7.12 Å². The minimum atomic E-state index is -1.19. The second kappa shape index (κ2) is 12.3. The van der Waals surface area contributed by atoms with Crippen LogP contribution in [0.25, 0.3) is 11.6 Å². The maximum atomic E-state index is 13.9. The highest BCUT2D eigenvalue weighted by Crippen LogP contribution is 2.51. The Kier molecular flexibility index (Phi) is 8.32. The van der Waals surface area contributed by atoms with Crippen LogP contribution in [0.1, 0.15) is 36.3 Å². The van der Waals surface area contributed by atoms with Crippen molar-refractivity contribution in [3.8, 4) is 0 Å². The molecule has 2 amide bonds. The fourth-order valence-corrected chi connectivity index (χ4v) is 6.88. The Hall–Kier alpha value is -4.36. The number of nitro groups is 1. The standard InChI is InChI=1S/C32H31BN2O9/c36-17-21-14-26-30(32(39)34(31(26)38)22-7-4-8-23(15-22)35(41)42)27-16-33(40)44-28(29(21)27)12-9-20(19-5-2-1-3-6-19)13-24-10-11-25(18-37)43-24/h1-8,10-11,13,15,26-28,30,36-37,40H,9,12,14,16-18H2/b20-13-/t26-,27+,28-,30-/m1/s1. The first-order chi connectivity index (χ1) is 21.3. The van der Waals surface area contributed by atoms with Crippen LogP contribution in [0.2, 0.25) is 6.32 Å². The summed E-state index contributed by atoms with van der Waals surface area (Å²) in [6, 6.07) is 18.6. The predicted octanol–water partition coefficient (Wildman–Crippen LogP) is 3.99. The van der Waals surface area contributed by atoms with E-state index in [1.54, 1.807) is 12.1 Å². The van der Waals surface area contributed by atoms with Gasteiger partial charge in [0.2, 0.25) is 11.8 Å². The molecule has 0 spiro atoms. The average molecular weight is 598 g/mol. The Bertz CT molecular complexity index is 1650. The number of carbonyl (C=O) groups is 2. The number of imide groups is 1. The molecule has 0 bridgehead atoms. The highest BCUT2D eigenvalue weighted by atomic mass is 16.6. The van der Waals surface area contributed by atoms with Gasteiger partial charge in [0.1, 0.15) is 18.1 Å². The van der Waals surface area contributed by atoms with Gasteiger partial charge in [-0.2, -0.15) is 0 Å². The van der Waals surface area contributed by atoms with Gasteiger partial charge in [-0.3, -0.25) is 19.7 Å². The van der Waals surface area contributed by atoms with Crippen molar-refractivity contribution in [2.24, 2.45) is 17.8 Å². The van der Waals surface area contributed by atoms with E-state index in [2.05, 4.69) is 0 Å². The summed E-state index contributed by atoms with van der Waals surface area (Å²) in [6.45, 7) is -0.551. The van der Waals surface area contributed by atoms with Crippen molar-refractivity contribution in [1.82, 2.24) is 0 Å². The fraction of sp³-hybridized carbons (Fsp3) is 0.312. The smallest absolute Gasteiger partial charge is 0.455 e. The number of furan rings is 1. The second-order valence-corrected chi connectivity index (χ2v) is 11.3. The van der Waals surface area contributed by atoms with Gasteiger partial charge in [0.25, 0.3) is 5.69 Å². The van der Waals surface area contributed by atoms with E-state index in [9.17, 15) is 34.9 Å². The van der Waals surface area contributed by atoms with Crippen LogP contribution in [-0.2, 0) is 20.9 Å². The van der Waals surface area contributed by atoms with E-state index in [0.29, 0.717) is 29.9 Å². The molecule has 3 heterocycles. The van der Waals surface area contributed by atoms with Gasteiger partial charge in [0.05, 0.1) is 35.2 Å². The van der Waals surface area contributed by atoms with E-state index in [0.717, 1.165) is 21.6 Å². The summed E-state index contributed by atoms with van der Waals surface area (Å²) >= 11 is 0. The zero-order valence-corrected chi connectivity index (χ0v) is 23.7. The molecule has 6 rings (SSSR count). The number of rotatable bonds is 9. The number of allylic oxidation sites excluding steroid dienone is 1. The molecule has 3 N–H and O–H groups in total.